The van der Waals surface area contributed by atoms with E-state index in [1.54, 1.807) is 6.92 Å². The molecule has 4 nitrogen and oxygen atoms in total. The number of urea groups is 1. The van der Waals surface area contributed by atoms with Crippen LogP contribution in [0.3, 0.4) is 0 Å². The van der Waals surface area contributed by atoms with Crippen molar-refractivity contribution >= 4 is 28.9 Å². The van der Waals surface area contributed by atoms with Crippen LogP contribution in [0.5, 0.6) is 0 Å². The van der Waals surface area contributed by atoms with Gasteiger partial charge in [0.25, 0.3) is 0 Å². The molecule has 110 valence electrons. The third-order valence-electron chi connectivity index (χ3n) is 2.79. The number of carbonyl (C=O) groups excluding carboxylic acids is 1. The van der Waals surface area contributed by atoms with Crippen LogP contribution in [0.1, 0.15) is 12.5 Å². The molecule has 3 N–H and O–H groups in total. The molecule has 0 saturated carbocycles. The first-order chi connectivity index (χ1) is 9.14. The van der Waals surface area contributed by atoms with E-state index in [0.717, 1.165) is 11.0 Å². The van der Waals surface area contributed by atoms with Gasteiger partial charge in [-0.3, -0.25) is 0 Å². The topological polar surface area (TPSA) is 58.4 Å². The van der Waals surface area contributed by atoms with Crippen molar-refractivity contribution < 1.29 is 18.0 Å². The van der Waals surface area contributed by atoms with Crippen molar-refractivity contribution in [1.29, 1.82) is 0 Å². The molecule has 0 aromatic heterocycles. The molecule has 1 atom stereocenters. The zero-order valence-corrected chi connectivity index (χ0v) is 11.7. The predicted molar refractivity (Wildman–Crippen MR) is 74.5 cm³/mol. The number of hydrogen-bond acceptors (Lipinski definition) is 2. The van der Waals surface area contributed by atoms with E-state index in [1.807, 2.05) is 0 Å². The molecule has 1 aromatic carbocycles. The number of halogens is 3. The number of nitrogens with one attached hydrogen (secondary N) is 1. The van der Waals surface area contributed by atoms with Gasteiger partial charge in [-0.2, -0.15) is 13.2 Å². The lowest BCUT2D eigenvalue weighted by atomic mass is 10.1. The lowest BCUT2D eigenvalue weighted by molar-refractivity contribution is -0.136. The molecule has 20 heavy (non-hydrogen) atoms. The van der Waals surface area contributed by atoms with E-state index < -0.39 is 23.8 Å². The average Bonchev–Trinajstić information content (AvgIpc) is 2.36. The second kappa shape index (κ2) is 6.08. The zero-order valence-electron chi connectivity index (χ0n) is 10.9. The molecule has 0 radical (unpaired) electrons. The van der Waals surface area contributed by atoms with Crippen LogP contribution in [-0.4, -0.2) is 29.0 Å². The van der Waals surface area contributed by atoms with Crippen molar-refractivity contribution in [2.45, 2.75) is 19.1 Å². The fourth-order valence-electron chi connectivity index (χ4n) is 1.41. The minimum atomic E-state index is -4.54. The number of hydrogen-bond donors (Lipinski definition) is 2. The molecule has 0 spiro atoms. The number of anilines is 1. The lowest BCUT2D eigenvalue weighted by Gasteiger charge is -2.25. The van der Waals surface area contributed by atoms with Gasteiger partial charge in [0.1, 0.15) is 0 Å². The standard InChI is InChI=1S/C12H14F3N3OS/c1-7(10(16)20)18(2)11(19)17-9-6-4-3-5-8(9)12(13,14)15/h3-7H,1-2H3,(H2,16,20)(H,17,19). The second-order valence-electron chi connectivity index (χ2n) is 4.16. The first-order valence-corrected chi connectivity index (χ1v) is 6.04. The molecule has 2 amide bonds. The van der Waals surface area contributed by atoms with Gasteiger partial charge in [0.2, 0.25) is 0 Å². The number of nitrogens with two attached hydrogens (primary N) is 1. The zero-order chi connectivity index (χ0) is 15.5. The molecule has 0 aliphatic heterocycles. The van der Waals surface area contributed by atoms with Crippen molar-refractivity contribution in [1.82, 2.24) is 4.90 Å². The van der Waals surface area contributed by atoms with Crippen LogP contribution in [0.4, 0.5) is 23.7 Å². The number of nitrogens with zero attached hydrogens (tertiary/aromatic N) is 1. The van der Waals surface area contributed by atoms with Gasteiger partial charge in [0, 0.05) is 7.05 Å². The van der Waals surface area contributed by atoms with E-state index in [-0.39, 0.29) is 10.7 Å². The monoisotopic (exact) mass is 305 g/mol. The van der Waals surface area contributed by atoms with Gasteiger partial charge in [-0.05, 0) is 19.1 Å². The first kappa shape index (κ1) is 16.2. The Hall–Kier alpha value is -1.83. The van der Waals surface area contributed by atoms with E-state index in [9.17, 15) is 18.0 Å². The summed E-state index contributed by atoms with van der Waals surface area (Å²) in [6.45, 7) is 1.58. The predicted octanol–water partition coefficient (Wildman–Crippen LogP) is 2.84. The highest BCUT2D eigenvalue weighted by Gasteiger charge is 2.34. The Morgan fingerprint density at radius 2 is 1.95 bits per heavy atom. The SMILES string of the molecule is CC(C(N)=S)N(C)C(=O)Nc1ccccc1C(F)(F)F. The van der Waals surface area contributed by atoms with Gasteiger partial charge < -0.3 is 16.0 Å². The maximum atomic E-state index is 12.8. The summed E-state index contributed by atoms with van der Waals surface area (Å²) < 4.78 is 38.3. The summed E-state index contributed by atoms with van der Waals surface area (Å²) in [6.07, 6.45) is -4.54. The summed E-state index contributed by atoms with van der Waals surface area (Å²) in [5.41, 5.74) is 4.17. The molecule has 0 bridgehead atoms. The summed E-state index contributed by atoms with van der Waals surface area (Å²) in [4.78, 5) is 13.1. The highest BCUT2D eigenvalue weighted by molar-refractivity contribution is 7.80. The van der Waals surface area contributed by atoms with Crippen LogP contribution in [-0.2, 0) is 6.18 Å². The number of alkyl halides is 3. The Kier molecular flexibility index (Phi) is 4.93. The quantitative estimate of drug-likeness (QED) is 0.844. The first-order valence-electron chi connectivity index (χ1n) is 5.64. The van der Waals surface area contributed by atoms with Crippen molar-refractivity contribution in [2.75, 3.05) is 12.4 Å². The Morgan fingerprint density at radius 3 is 2.45 bits per heavy atom. The summed E-state index contributed by atoms with van der Waals surface area (Å²) in [7, 11) is 1.40. The van der Waals surface area contributed by atoms with E-state index in [2.05, 4.69) is 5.32 Å². The molecular formula is C12H14F3N3OS. The van der Waals surface area contributed by atoms with E-state index in [1.165, 1.54) is 25.2 Å². The summed E-state index contributed by atoms with van der Waals surface area (Å²) in [6, 6.07) is 3.44. The van der Waals surface area contributed by atoms with Crippen LogP contribution in [0.15, 0.2) is 24.3 Å². The van der Waals surface area contributed by atoms with Crippen molar-refractivity contribution in [2.24, 2.45) is 5.73 Å². The number of benzene rings is 1. The molecular weight excluding hydrogens is 291 g/mol. The van der Waals surface area contributed by atoms with Gasteiger partial charge >= 0.3 is 12.2 Å². The average molecular weight is 305 g/mol. The van der Waals surface area contributed by atoms with Crippen LogP contribution >= 0.6 is 12.2 Å². The van der Waals surface area contributed by atoms with Gasteiger partial charge in [-0.1, -0.05) is 24.4 Å². The molecule has 0 aliphatic carbocycles. The number of likely N-dealkylation sites (N-methyl/N-ethyl adjacent to an activating group) is 1. The van der Waals surface area contributed by atoms with Gasteiger partial charge in [-0.25, -0.2) is 4.79 Å². The van der Waals surface area contributed by atoms with Gasteiger partial charge in [-0.15, -0.1) is 0 Å². The highest BCUT2D eigenvalue weighted by atomic mass is 32.1. The smallest absolute Gasteiger partial charge is 0.392 e. The molecule has 8 heteroatoms. The maximum absolute atomic E-state index is 12.8. The molecule has 0 heterocycles. The van der Waals surface area contributed by atoms with Crippen LogP contribution in [0, 0.1) is 0 Å². The highest BCUT2D eigenvalue weighted by Crippen LogP contribution is 2.34. The number of amides is 2. The number of rotatable bonds is 3. The fourth-order valence-corrected chi connectivity index (χ4v) is 1.57. The Balaban J connectivity index is 2.95. The van der Waals surface area contributed by atoms with E-state index in [0.29, 0.717) is 0 Å². The second-order valence-corrected chi connectivity index (χ2v) is 4.63. The number of para-hydroxylation sites is 1. The van der Waals surface area contributed by atoms with Gasteiger partial charge in [0.15, 0.2) is 0 Å². The molecule has 1 aromatic rings. The summed E-state index contributed by atoms with van der Waals surface area (Å²) >= 11 is 4.74. The van der Waals surface area contributed by atoms with Crippen molar-refractivity contribution in [3.63, 3.8) is 0 Å². The largest absolute Gasteiger partial charge is 0.418 e. The Labute approximate surface area is 119 Å². The van der Waals surface area contributed by atoms with Crippen LogP contribution in [0.25, 0.3) is 0 Å². The van der Waals surface area contributed by atoms with Crippen LogP contribution in [0.2, 0.25) is 0 Å². The molecule has 0 fully saturated rings. The Bertz CT molecular complexity index is 519. The molecule has 1 rings (SSSR count). The minimum absolute atomic E-state index is 0.0757. The maximum Gasteiger partial charge on any atom is 0.418 e. The van der Waals surface area contributed by atoms with Crippen LogP contribution < -0.4 is 11.1 Å². The van der Waals surface area contributed by atoms with E-state index >= 15 is 0 Å². The van der Waals surface area contributed by atoms with Crippen molar-refractivity contribution in [3.8, 4) is 0 Å². The number of carbonyl (C=O) groups is 1. The molecule has 0 aliphatic rings. The molecule has 1 unspecified atom stereocenters. The summed E-state index contributed by atoms with van der Waals surface area (Å²) in [5, 5.41) is 2.20. The lowest BCUT2D eigenvalue weighted by Crippen LogP contribution is -2.44. The minimum Gasteiger partial charge on any atom is -0.392 e. The Morgan fingerprint density at radius 1 is 1.40 bits per heavy atom. The third-order valence-corrected chi connectivity index (χ3v) is 3.13. The normalized spacial score (nSPS) is 12.7. The summed E-state index contributed by atoms with van der Waals surface area (Å²) in [5.74, 6) is 0. The number of thiocarbonyl (C=S) groups is 1. The third kappa shape index (κ3) is 3.83. The van der Waals surface area contributed by atoms with Crippen molar-refractivity contribution in [3.05, 3.63) is 29.8 Å². The van der Waals surface area contributed by atoms with Gasteiger partial charge in [0.05, 0.1) is 22.3 Å². The molecule has 0 saturated heterocycles. The van der Waals surface area contributed by atoms with E-state index in [4.69, 9.17) is 18.0 Å². The fraction of sp³-hybridized carbons (Fsp3) is 0.333.